The molecule has 3 N–H and O–H groups in total. The van der Waals surface area contributed by atoms with Crippen LogP contribution in [0.25, 0.3) is 0 Å². The van der Waals surface area contributed by atoms with E-state index in [-0.39, 0.29) is 12.5 Å². The highest BCUT2D eigenvalue weighted by Crippen LogP contribution is 2.39. The summed E-state index contributed by atoms with van der Waals surface area (Å²) < 4.78 is 11.3. The van der Waals surface area contributed by atoms with Gasteiger partial charge in [-0.25, -0.2) is 0 Å². The number of benzene rings is 1. The van der Waals surface area contributed by atoms with Crippen LogP contribution in [0.4, 0.5) is 0 Å². The van der Waals surface area contributed by atoms with Gasteiger partial charge in [0.05, 0.1) is 18.2 Å². The largest absolute Gasteiger partial charge is 0.493 e. The van der Waals surface area contributed by atoms with Crippen LogP contribution in [-0.4, -0.2) is 30.3 Å². The molecule has 0 bridgehead atoms. The van der Waals surface area contributed by atoms with Crippen LogP contribution in [0.15, 0.2) is 12.1 Å². The van der Waals surface area contributed by atoms with Gasteiger partial charge in [0.15, 0.2) is 11.5 Å². The highest BCUT2D eigenvalue weighted by Gasteiger charge is 2.22. The molecule has 1 aliphatic carbocycles. The molecule has 0 spiro atoms. The van der Waals surface area contributed by atoms with Gasteiger partial charge in [0, 0.05) is 0 Å². The van der Waals surface area contributed by atoms with Crippen LogP contribution in [0.5, 0.6) is 11.5 Å². The normalized spacial score (nSPS) is 16.7. The van der Waals surface area contributed by atoms with Crippen molar-refractivity contribution in [2.45, 2.75) is 44.2 Å². The summed E-state index contributed by atoms with van der Waals surface area (Å²) in [5.74, 6) is -0.00271. The smallest absolute Gasteiger partial charge is 0.320 e. The first-order valence-electron chi connectivity index (χ1n) is 7.02. The van der Waals surface area contributed by atoms with Crippen LogP contribution in [0, 0.1) is 0 Å². The lowest BCUT2D eigenvalue weighted by atomic mass is 10.1. The van der Waals surface area contributed by atoms with Crippen molar-refractivity contribution in [3.05, 3.63) is 22.7 Å². The maximum Gasteiger partial charge on any atom is 0.320 e. The molecule has 1 aromatic carbocycles. The number of hydrogen-bond donors (Lipinski definition) is 2. The van der Waals surface area contributed by atoms with Gasteiger partial charge in [0.25, 0.3) is 0 Å². The lowest BCUT2D eigenvalue weighted by Gasteiger charge is -2.18. The quantitative estimate of drug-likeness (QED) is 0.843. The molecule has 1 aliphatic rings. The Kier molecular flexibility index (Phi) is 5.31. The Morgan fingerprint density at radius 2 is 2.14 bits per heavy atom. The summed E-state index contributed by atoms with van der Waals surface area (Å²) in [7, 11) is 1.54. The molecule has 1 fully saturated rings. The second kappa shape index (κ2) is 7.00. The third kappa shape index (κ3) is 4.02. The molecule has 116 valence electrons. The van der Waals surface area contributed by atoms with Crippen molar-refractivity contribution >= 4 is 17.6 Å². The van der Waals surface area contributed by atoms with E-state index in [1.54, 1.807) is 12.1 Å². The highest BCUT2D eigenvalue weighted by molar-refractivity contribution is 6.32. The fourth-order valence-electron chi connectivity index (χ4n) is 2.52. The Morgan fingerprint density at radius 1 is 1.48 bits per heavy atom. The van der Waals surface area contributed by atoms with Gasteiger partial charge in [-0.15, -0.1) is 0 Å². The first-order valence-corrected chi connectivity index (χ1v) is 7.40. The van der Waals surface area contributed by atoms with E-state index in [4.69, 9.17) is 31.9 Å². The standard InChI is InChI=1S/C15H20ClNO4/c1-20-13-8-9(7-12(17)15(18)19)6-11(16)14(13)21-10-4-2-3-5-10/h6,8,10,12H,2-5,7,17H2,1H3,(H,18,19). The predicted octanol–water partition coefficient (Wildman–Crippen LogP) is 2.62. The van der Waals surface area contributed by atoms with Gasteiger partial charge in [-0.2, -0.15) is 0 Å². The summed E-state index contributed by atoms with van der Waals surface area (Å²) in [4.78, 5) is 10.8. The summed E-state index contributed by atoms with van der Waals surface area (Å²) in [6.45, 7) is 0. The third-order valence-electron chi connectivity index (χ3n) is 3.65. The number of aliphatic carboxylic acids is 1. The van der Waals surface area contributed by atoms with Crippen molar-refractivity contribution in [2.75, 3.05) is 7.11 Å². The molecule has 21 heavy (non-hydrogen) atoms. The molecule has 1 unspecified atom stereocenters. The Morgan fingerprint density at radius 3 is 2.71 bits per heavy atom. The van der Waals surface area contributed by atoms with Crippen molar-refractivity contribution in [3.63, 3.8) is 0 Å². The lowest BCUT2D eigenvalue weighted by molar-refractivity contribution is -0.138. The molecule has 2 rings (SSSR count). The lowest BCUT2D eigenvalue weighted by Crippen LogP contribution is -2.32. The minimum atomic E-state index is -1.05. The molecular formula is C15H20ClNO4. The van der Waals surface area contributed by atoms with Gasteiger partial charge in [-0.1, -0.05) is 11.6 Å². The van der Waals surface area contributed by atoms with Crippen LogP contribution in [0.3, 0.4) is 0 Å². The monoisotopic (exact) mass is 313 g/mol. The summed E-state index contributed by atoms with van der Waals surface area (Å²) in [5.41, 5.74) is 6.26. The fraction of sp³-hybridized carbons (Fsp3) is 0.533. The minimum Gasteiger partial charge on any atom is -0.493 e. The van der Waals surface area contributed by atoms with Gasteiger partial charge in [-0.05, 0) is 49.8 Å². The van der Waals surface area contributed by atoms with E-state index in [0.717, 1.165) is 25.7 Å². The van der Waals surface area contributed by atoms with Crippen molar-refractivity contribution < 1.29 is 19.4 Å². The maximum atomic E-state index is 10.8. The first kappa shape index (κ1) is 15.9. The SMILES string of the molecule is COc1cc(CC(N)C(=O)O)cc(Cl)c1OC1CCCC1. The number of hydrogen-bond acceptors (Lipinski definition) is 4. The van der Waals surface area contributed by atoms with Gasteiger partial charge in [0.1, 0.15) is 6.04 Å². The first-order chi connectivity index (χ1) is 10.0. The van der Waals surface area contributed by atoms with E-state index in [1.807, 2.05) is 0 Å². The van der Waals surface area contributed by atoms with Crippen LogP contribution in [0.1, 0.15) is 31.2 Å². The van der Waals surface area contributed by atoms with Crippen LogP contribution < -0.4 is 15.2 Å². The molecule has 1 aromatic rings. The van der Waals surface area contributed by atoms with Crippen LogP contribution in [-0.2, 0) is 11.2 Å². The second-order valence-electron chi connectivity index (χ2n) is 5.28. The maximum absolute atomic E-state index is 10.8. The Balaban J connectivity index is 2.20. The highest BCUT2D eigenvalue weighted by atomic mass is 35.5. The van der Waals surface area contributed by atoms with Gasteiger partial charge < -0.3 is 20.3 Å². The molecular weight excluding hydrogens is 294 g/mol. The van der Waals surface area contributed by atoms with Crippen LogP contribution in [0.2, 0.25) is 5.02 Å². The van der Waals surface area contributed by atoms with Crippen molar-refractivity contribution in [2.24, 2.45) is 5.73 Å². The third-order valence-corrected chi connectivity index (χ3v) is 3.93. The average molecular weight is 314 g/mol. The van der Waals surface area contributed by atoms with E-state index in [0.29, 0.717) is 22.1 Å². The zero-order valence-electron chi connectivity index (χ0n) is 12.0. The Labute approximate surface area is 129 Å². The number of rotatable bonds is 6. The fourth-order valence-corrected chi connectivity index (χ4v) is 2.80. The number of carbonyl (C=O) groups is 1. The van der Waals surface area contributed by atoms with Crippen molar-refractivity contribution in [1.29, 1.82) is 0 Å². The Hall–Kier alpha value is -1.46. The van der Waals surface area contributed by atoms with Gasteiger partial charge in [0.2, 0.25) is 0 Å². The molecule has 0 radical (unpaired) electrons. The molecule has 0 amide bonds. The van der Waals surface area contributed by atoms with Crippen molar-refractivity contribution in [1.82, 2.24) is 0 Å². The van der Waals surface area contributed by atoms with E-state index in [2.05, 4.69) is 0 Å². The predicted molar refractivity (Wildman–Crippen MR) is 80.2 cm³/mol. The van der Waals surface area contributed by atoms with E-state index >= 15 is 0 Å². The topological polar surface area (TPSA) is 81.8 Å². The molecule has 1 atom stereocenters. The molecule has 6 heteroatoms. The Bertz CT molecular complexity index is 515. The molecule has 0 aromatic heterocycles. The average Bonchev–Trinajstić information content (AvgIpc) is 2.94. The number of ether oxygens (including phenoxy) is 2. The van der Waals surface area contributed by atoms with E-state index in [9.17, 15) is 4.79 Å². The molecule has 0 saturated heterocycles. The van der Waals surface area contributed by atoms with E-state index < -0.39 is 12.0 Å². The zero-order valence-corrected chi connectivity index (χ0v) is 12.7. The summed E-state index contributed by atoms with van der Waals surface area (Å²) in [6, 6.07) is 2.46. The molecule has 0 aliphatic heterocycles. The van der Waals surface area contributed by atoms with Crippen molar-refractivity contribution in [3.8, 4) is 11.5 Å². The van der Waals surface area contributed by atoms with E-state index in [1.165, 1.54) is 7.11 Å². The zero-order chi connectivity index (χ0) is 15.4. The number of carboxylic acids is 1. The number of carboxylic acid groups (broad SMARTS) is 1. The molecule has 5 nitrogen and oxygen atoms in total. The summed E-state index contributed by atoms with van der Waals surface area (Å²) >= 11 is 6.26. The second-order valence-corrected chi connectivity index (χ2v) is 5.69. The summed E-state index contributed by atoms with van der Waals surface area (Å²) in [6.07, 6.45) is 4.72. The number of methoxy groups -OCH3 is 1. The summed E-state index contributed by atoms with van der Waals surface area (Å²) in [5, 5.41) is 9.29. The van der Waals surface area contributed by atoms with Crippen LogP contribution >= 0.6 is 11.6 Å². The molecule has 1 saturated carbocycles. The van der Waals surface area contributed by atoms with Gasteiger partial charge >= 0.3 is 5.97 Å². The minimum absolute atomic E-state index is 0.170. The number of nitrogens with two attached hydrogens (primary N) is 1. The van der Waals surface area contributed by atoms with Gasteiger partial charge in [-0.3, -0.25) is 4.79 Å². The number of halogens is 1. The molecule has 0 heterocycles.